The van der Waals surface area contributed by atoms with Crippen molar-refractivity contribution in [2.24, 2.45) is 0 Å². The van der Waals surface area contributed by atoms with Gasteiger partial charge in [-0.25, -0.2) is 0 Å². The Morgan fingerprint density at radius 1 is 1.33 bits per heavy atom. The van der Waals surface area contributed by atoms with Gasteiger partial charge in [-0.15, -0.1) is 0 Å². The van der Waals surface area contributed by atoms with Crippen LogP contribution in [0.4, 0.5) is 0 Å². The lowest BCUT2D eigenvalue weighted by Crippen LogP contribution is -2.30. The van der Waals surface area contributed by atoms with Crippen LogP contribution in [0, 0.1) is 6.42 Å². The van der Waals surface area contributed by atoms with Crippen molar-refractivity contribution in [2.45, 2.75) is 31.7 Å². The van der Waals surface area contributed by atoms with E-state index >= 15 is 0 Å². The van der Waals surface area contributed by atoms with E-state index in [4.69, 9.17) is 0 Å². The third kappa shape index (κ3) is 1.98. The van der Waals surface area contributed by atoms with Crippen LogP contribution >= 0.6 is 0 Å². The smallest absolute Gasteiger partial charge is 0.0121 e. The summed E-state index contributed by atoms with van der Waals surface area (Å²) in [5.41, 5.74) is 0. The molecular formula is C8H16N. The molecule has 0 spiro atoms. The summed E-state index contributed by atoms with van der Waals surface area (Å²) in [6.07, 6.45) is 7.95. The fourth-order valence-corrected chi connectivity index (χ4v) is 1.39. The zero-order valence-corrected chi connectivity index (χ0v) is 6.43. The van der Waals surface area contributed by atoms with Gasteiger partial charge in [0.25, 0.3) is 0 Å². The van der Waals surface area contributed by atoms with Crippen molar-refractivity contribution >= 4 is 0 Å². The maximum Gasteiger partial charge on any atom is 0.0121 e. The molecule has 0 bridgehead atoms. The highest BCUT2D eigenvalue weighted by atomic mass is 15.1. The lowest BCUT2D eigenvalue weighted by atomic mass is 9.95. The van der Waals surface area contributed by atoms with Crippen molar-refractivity contribution in [1.82, 2.24) is 4.90 Å². The summed E-state index contributed by atoms with van der Waals surface area (Å²) in [5, 5.41) is 0. The van der Waals surface area contributed by atoms with E-state index in [0.717, 1.165) is 6.04 Å². The highest BCUT2D eigenvalue weighted by Crippen LogP contribution is 2.19. The Hall–Kier alpha value is -0.0400. The van der Waals surface area contributed by atoms with E-state index in [2.05, 4.69) is 25.4 Å². The zero-order chi connectivity index (χ0) is 6.69. The molecule has 0 amide bonds. The summed E-state index contributed by atoms with van der Waals surface area (Å²) < 4.78 is 0. The molecule has 1 aliphatic rings. The van der Waals surface area contributed by atoms with Gasteiger partial charge in [-0.1, -0.05) is 12.8 Å². The molecule has 1 aliphatic carbocycles. The van der Waals surface area contributed by atoms with Crippen LogP contribution in [-0.2, 0) is 0 Å². The molecular weight excluding hydrogens is 110 g/mol. The maximum absolute atomic E-state index is 2.43. The Bertz CT molecular complexity index is 72.6. The second-order valence-corrected chi connectivity index (χ2v) is 3.05. The Morgan fingerprint density at radius 3 is 2.44 bits per heavy atom. The molecule has 1 nitrogen and oxygen atoms in total. The summed E-state index contributed by atoms with van der Waals surface area (Å²) >= 11 is 0. The van der Waals surface area contributed by atoms with Gasteiger partial charge in [0, 0.05) is 6.04 Å². The fourth-order valence-electron chi connectivity index (χ4n) is 1.39. The Balaban J connectivity index is 2.23. The van der Waals surface area contributed by atoms with Crippen LogP contribution in [0.15, 0.2) is 0 Å². The van der Waals surface area contributed by atoms with E-state index in [1.165, 1.54) is 25.7 Å². The topological polar surface area (TPSA) is 3.24 Å². The number of hydrogen-bond acceptors (Lipinski definition) is 1. The van der Waals surface area contributed by atoms with Gasteiger partial charge in [-0.3, -0.25) is 0 Å². The number of nitrogens with zero attached hydrogens (tertiary/aromatic N) is 1. The summed E-state index contributed by atoms with van der Waals surface area (Å²) in [5.74, 6) is 0. The lowest BCUT2D eigenvalue weighted by molar-refractivity contribution is 0.279. The third-order valence-corrected chi connectivity index (χ3v) is 2.06. The largest absolute Gasteiger partial charge is 0.306 e. The highest BCUT2D eigenvalue weighted by molar-refractivity contribution is 4.86. The fraction of sp³-hybridized carbons (Fsp3) is 0.875. The SMILES string of the molecule is CN(C)[C@@H]1[CH]CCCC1. The maximum atomic E-state index is 2.43. The van der Waals surface area contributed by atoms with E-state index < -0.39 is 0 Å². The van der Waals surface area contributed by atoms with Crippen LogP contribution in [0.2, 0.25) is 0 Å². The quantitative estimate of drug-likeness (QED) is 0.517. The molecule has 53 valence electrons. The summed E-state index contributed by atoms with van der Waals surface area (Å²) in [6, 6.07) is 0.763. The Labute approximate surface area is 58.0 Å². The molecule has 1 saturated carbocycles. The van der Waals surface area contributed by atoms with E-state index in [-0.39, 0.29) is 0 Å². The Kier molecular flexibility index (Phi) is 2.52. The monoisotopic (exact) mass is 126 g/mol. The first-order chi connectivity index (χ1) is 4.30. The molecule has 9 heavy (non-hydrogen) atoms. The standard InChI is InChI=1S/C8H16N/c1-9(2)8-6-4-3-5-7-8/h6,8H,3-5,7H2,1-2H3/t8-/m1/s1. The molecule has 0 aromatic heterocycles. The summed E-state index contributed by atoms with van der Waals surface area (Å²) in [7, 11) is 4.32. The Morgan fingerprint density at radius 2 is 2.11 bits per heavy atom. The lowest BCUT2D eigenvalue weighted by Gasteiger charge is -2.27. The average Bonchev–Trinajstić information content (AvgIpc) is 1.90. The average molecular weight is 126 g/mol. The molecule has 1 radical (unpaired) electrons. The number of hydrogen-bond donors (Lipinski definition) is 0. The van der Waals surface area contributed by atoms with Gasteiger partial charge in [0.15, 0.2) is 0 Å². The van der Waals surface area contributed by atoms with Crippen LogP contribution in [-0.4, -0.2) is 25.0 Å². The van der Waals surface area contributed by atoms with Gasteiger partial charge < -0.3 is 4.90 Å². The summed E-state index contributed by atoms with van der Waals surface area (Å²) in [4.78, 5) is 2.30. The van der Waals surface area contributed by atoms with Gasteiger partial charge in [-0.2, -0.15) is 0 Å². The van der Waals surface area contributed by atoms with Gasteiger partial charge in [0.05, 0.1) is 0 Å². The van der Waals surface area contributed by atoms with Crippen LogP contribution in [0.1, 0.15) is 25.7 Å². The van der Waals surface area contributed by atoms with Crippen molar-refractivity contribution in [3.05, 3.63) is 6.42 Å². The molecule has 0 N–H and O–H groups in total. The molecule has 1 rings (SSSR count). The minimum Gasteiger partial charge on any atom is -0.306 e. The predicted octanol–water partition coefficient (Wildman–Crippen LogP) is 1.69. The van der Waals surface area contributed by atoms with Gasteiger partial charge >= 0.3 is 0 Å². The molecule has 1 heteroatoms. The van der Waals surface area contributed by atoms with E-state index in [1.54, 1.807) is 0 Å². The van der Waals surface area contributed by atoms with Crippen molar-refractivity contribution in [1.29, 1.82) is 0 Å². The second-order valence-electron chi connectivity index (χ2n) is 3.05. The van der Waals surface area contributed by atoms with Gasteiger partial charge in [0.1, 0.15) is 0 Å². The molecule has 0 aromatic rings. The van der Waals surface area contributed by atoms with Gasteiger partial charge in [0.2, 0.25) is 0 Å². The third-order valence-electron chi connectivity index (χ3n) is 2.06. The highest BCUT2D eigenvalue weighted by Gasteiger charge is 2.14. The van der Waals surface area contributed by atoms with E-state index in [0.29, 0.717) is 0 Å². The van der Waals surface area contributed by atoms with E-state index in [1.807, 2.05) is 0 Å². The van der Waals surface area contributed by atoms with Crippen molar-refractivity contribution in [3.8, 4) is 0 Å². The van der Waals surface area contributed by atoms with Crippen LogP contribution in [0.5, 0.6) is 0 Å². The van der Waals surface area contributed by atoms with Crippen LogP contribution in [0.25, 0.3) is 0 Å². The second kappa shape index (κ2) is 3.21. The molecule has 0 heterocycles. The number of rotatable bonds is 1. The van der Waals surface area contributed by atoms with Crippen LogP contribution < -0.4 is 0 Å². The van der Waals surface area contributed by atoms with Crippen molar-refractivity contribution in [3.63, 3.8) is 0 Å². The summed E-state index contributed by atoms with van der Waals surface area (Å²) in [6.45, 7) is 0. The first kappa shape index (κ1) is 7.07. The van der Waals surface area contributed by atoms with Gasteiger partial charge in [-0.05, 0) is 33.4 Å². The van der Waals surface area contributed by atoms with Crippen molar-refractivity contribution < 1.29 is 0 Å². The minimum absolute atomic E-state index is 0.763. The molecule has 0 aliphatic heterocycles. The van der Waals surface area contributed by atoms with Crippen LogP contribution in [0.3, 0.4) is 0 Å². The normalized spacial score (nSPS) is 23.0. The first-order valence-corrected chi connectivity index (χ1v) is 3.80. The zero-order valence-electron chi connectivity index (χ0n) is 6.43. The van der Waals surface area contributed by atoms with E-state index in [9.17, 15) is 0 Å². The molecule has 0 aromatic carbocycles. The molecule has 1 atom stereocenters. The minimum atomic E-state index is 0.763. The van der Waals surface area contributed by atoms with Crippen molar-refractivity contribution in [2.75, 3.05) is 14.1 Å². The molecule has 0 unspecified atom stereocenters. The first-order valence-electron chi connectivity index (χ1n) is 3.80. The predicted molar refractivity (Wildman–Crippen MR) is 40.2 cm³/mol. The molecule has 0 saturated heterocycles. The molecule has 1 fully saturated rings.